The van der Waals surface area contributed by atoms with Crippen molar-refractivity contribution in [2.75, 3.05) is 11.9 Å². The highest BCUT2D eigenvalue weighted by atomic mass is 35.5. The van der Waals surface area contributed by atoms with Gasteiger partial charge < -0.3 is 11.1 Å². The molecule has 31 heavy (non-hydrogen) atoms. The molecule has 0 radical (unpaired) electrons. The zero-order valence-electron chi connectivity index (χ0n) is 16.4. The van der Waals surface area contributed by atoms with Gasteiger partial charge >= 0.3 is 0 Å². The van der Waals surface area contributed by atoms with E-state index < -0.39 is 5.91 Å². The van der Waals surface area contributed by atoms with Crippen molar-refractivity contribution in [3.8, 4) is 0 Å². The maximum atomic E-state index is 12.9. The molecular formula is C23H18ClN3O4. The quantitative estimate of drug-likeness (QED) is 0.576. The fourth-order valence-electron chi connectivity index (χ4n) is 3.70. The molecule has 3 aromatic carbocycles. The number of halogens is 1. The molecule has 0 spiro atoms. The van der Waals surface area contributed by atoms with E-state index in [1.807, 2.05) is 12.1 Å². The van der Waals surface area contributed by atoms with E-state index in [-0.39, 0.29) is 47.7 Å². The summed E-state index contributed by atoms with van der Waals surface area (Å²) in [6.45, 7) is 0.114. The van der Waals surface area contributed by atoms with Gasteiger partial charge in [0.2, 0.25) is 11.8 Å². The number of primary amides is 1. The van der Waals surface area contributed by atoms with E-state index in [1.54, 1.807) is 30.3 Å². The zero-order valence-corrected chi connectivity index (χ0v) is 17.1. The van der Waals surface area contributed by atoms with Gasteiger partial charge in [-0.05, 0) is 42.1 Å². The number of benzene rings is 3. The van der Waals surface area contributed by atoms with Crippen molar-refractivity contribution in [1.82, 2.24) is 4.90 Å². The Hall–Kier alpha value is -3.71. The smallest absolute Gasteiger partial charge is 0.261 e. The minimum absolute atomic E-state index is 0.0808. The van der Waals surface area contributed by atoms with Crippen LogP contribution in [0.15, 0.2) is 54.6 Å². The number of anilines is 1. The maximum absolute atomic E-state index is 12.9. The Bertz CT molecular complexity index is 1200. The lowest BCUT2D eigenvalue weighted by molar-refractivity contribution is -0.116. The van der Waals surface area contributed by atoms with Crippen LogP contribution in [0.25, 0.3) is 10.8 Å². The van der Waals surface area contributed by atoms with E-state index >= 15 is 0 Å². The van der Waals surface area contributed by atoms with E-state index in [0.29, 0.717) is 22.2 Å². The lowest BCUT2D eigenvalue weighted by atomic mass is 9.94. The summed E-state index contributed by atoms with van der Waals surface area (Å²) in [5.41, 5.74) is 6.72. The van der Waals surface area contributed by atoms with Gasteiger partial charge in [-0.3, -0.25) is 24.1 Å². The highest BCUT2D eigenvalue weighted by Crippen LogP contribution is 2.30. The molecule has 156 valence electrons. The molecule has 0 bridgehead atoms. The molecule has 0 saturated carbocycles. The Morgan fingerprint density at radius 3 is 2.23 bits per heavy atom. The molecule has 0 unspecified atom stereocenters. The van der Waals surface area contributed by atoms with Gasteiger partial charge in [0.15, 0.2) is 0 Å². The number of imide groups is 1. The number of amides is 4. The van der Waals surface area contributed by atoms with Gasteiger partial charge in [0.05, 0.1) is 10.6 Å². The molecule has 4 rings (SSSR count). The molecule has 7 nitrogen and oxygen atoms in total. The number of hydrogen-bond donors (Lipinski definition) is 2. The molecule has 3 aromatic rings. The normalized spacial score (nSPS) is 12.9. The van der Waals surface area contributed by atoms with Crippen LogP contribution in [0.5, 0.6) is 0 Å². The Labute approximate surface area is 182 Å². The van der Waals surface area contributed by atoms with Gasteiger partial charge in [0.25, 0.3) is 11.8 Å². The molecule has 1 aliphatic rings. The molecule has 0 aliphatic carbocycles. The van der Waals surface area contributed by atoms with Crippen molar-refractivity contribution in [2.45, 2.75) is 12.8 Å². The summed E-state index contributed by atoms with van der Waals surface area (Å²) >= 11 is 5.91. The SMILES string of the molecule is NC(=O)c1cc(NC(=O)CCCN2C(=O)c3cccc4cccc(c34)C2=O)ccc1Cl. The van der Waals surface area contributed by atoms with Crippen molar-refractivity contribution in [3.05, 3.63) is 76.3 Å². The van der Waals surface area contributed by atoms with Crippen LogP contribution in [0.2, 0.25) is 5.02 Å². The predicted molar refractivity (Wildman–Crippen MR) is 117 cm³/mol. The van der Waals surface area contributed by atoms with Crippen molar-refractivity contribution < 1.29 is 19.2 Å². The molecule has 4 amide bonds. The van der Waals surface area contributed by atoms with Crippen LogP contribution in [-0.4, -0.2) is 35.1 Å². The maximum Gasteiger partial charge on any atom is 0.261 e. The first-order valence-electron chi connectivity index (χ1n) is 9.64. The lowest BCUT2D eigenvalue weighted by Crippen LogP contribution is -2.41. The molecule has 0 fully saturated rings. The third-order valence-electron chi connectivity index (χ3n) is 5.16. The first-order valence-corrected chi connectivity index (χ1v) is 10.0. The number of nitrogens with one attached hydrogen (secondary N) is 1. The molecule has 0 atom stereocenters. The third kappa shape index (κ3) is 3.87. The molecule has 3 N–H and O–H groups in total. The van der Waals surface area contributed by atoms with E-state index in [2.05, 4.69) is 5.32 Å². The minimum atomic E-state index is -0.696. The summed E-state index contributed by atoms with van der Waals surface area (Å²) in [4.78, 5) is 50.6. The summed E-state index contributed by atoms with van der Waals surface area (Å²) < 4.78 is 0. The summed E-state index contributed by atoms with van der Waals surface area (Å²) in [6.07, 6.45) is 0.370. The molecule has 1 aliphatic heterocycles. The van der Waals surface area contributed by atoms with E-state index in [1.165, 1.54) is 17.0 Å². The van der Waals surface area contributed by atoms with Crippen LogP contribution in [0.1, 0.15) is 43.9 Å². The molecule has 8 heteroatoms. The second kappa shape index (κ2) is 8.20. The average Bonchev–Trinajstić information content (AvgIpc) is 2.75. The van der Waals surface area contributed by atoms with Crippen LogP contribution in [0.4, 0.5) is 5.69 Å². The monoisotopic (exact) mass is 435 g/mol. The summed E-state index contributed by atoms with van der Waals surface area (Å²) in [7, 11) is 0. The van der Waals surface area contributed by atoms with Crippen molar-refractivity contribution >= 4 is 51.7 Å². The summed E-state index contributed by atoms with van der Waals surface area (Å²) in [5.74, 6) is -1.74. The highest BCUT2D eigenvalue weighted by molar-refractivity contribution is 6.34. The topological polar surface area (TPSA) is 110 Å². The van der Waals surface area contributed by atoms with Crippen LogP contribution in [0, 0.1) is 0 Å². The Kier molecular flexibility index (Phi) is 5.44. The first kappa shape index (κ1) is 20.6. The second-order valence-corrected chi connectivity index (χ2v) is 7.59. The van der Waals surface area contributed by atoms with Gasteiger partial charge in [-0.1, -0.05) is 35.9 Å². The van der Waals surface area contributed by atoms with Crippen LogP contribution in [0.3, 0.4) is 0 Å². The van der Waals surface area contributed by atoms with Crippen molar-refractivity contribution in [1.29, 1.82) is 0 Å². The molecule has 1 heterocycles. The summed E-state index contributed by atoms with van der Waals surface area (Å²) in [6, 6.07) is 15.1. The lowest BCUT2D eigenvalue weighted by Gasteiger charge is -2.27. The van der Waals surface area contributed by atoms with Crippen LogP contribution >= 0.6 is 11.6 Å². The Morgan fingerprint density at radius 2 is 1.61 bits per heavy atom. The van der Waals surface area contributed by atoms with Gasteiger partial charge in [0.1, 0.15) is 0 Å². The summed E-state index contributed by atoms with van der Waals surface area (Å²) in [5, 5.41) is 4.37. The number of nitrogens with two attached hydrogens (primary N) is 1. The van der Waals surface area contributed by atoms with Crippen molar-refractivity contribution in [2.24, 2.45) is 5.73 Å². The van der Waals surface area contributed by atoms with Gasteiger partial charge in [-0.2, -0.15) is 0 Å². The first-order chi connectivity index (χ1) is 14.9. The highest BCUT2D eigenvalue weighted by Gasteiger charge is 2.32. The van der Waals surface area contributed by atoms with Crippen LogP contribution in [-0.2, 0) is 4.79 Å². The largest absolute Gasteiger partial charge is 0.366 e. The van der Waals surface area contributed by atoms with Crippen LogP contribution < -0.4 is 11.1 Å². The van der Waals surface area contributed by atoms with E-state index in [0.717, 1.165) is 5.39 Å². The minimum Gasteiger partial charge on any atom is -0.366 e. The molecule has 0 saturated heterocycles. The number of hydrogen-bond acceptors (Lipinski definition) is 4. The van der Waals surface area contributed by atoms with E-state index in [9.17, 15) is 19.2 Å². The Morgan fingerprint density at radius 1 is 0.968 bits per heavy atom. The van der Waals surface area contributed by atoms with Gasteiger partial charge in [0, 0.05) is 35.2 Å². The average molecular weight is 436 g/mol. The Balaban J connectivity index is 1.42. The second-order valence-electron chi connectivity index (χ2n) is 7.18. The van der Waals surface area contributed by atoms with Gasteiger partial charge in [-0.25, -0.2) is 0 Å². The van der Waals surface area contributed by atoms with Gasteiger partial charge in [-0.15, -0.1) is 0 Å². The zero-order chi connectivity index (χ0) is 22.1. The number of nitrogens with zero attached hydrogens (tertiary/aromatic N) is 1. The molecular weight excluding hydrogens is 418 g/mol. The third-order valence-corrected chi connectivity index (χ3v) is 5.49. The van der Waals surface area contributed by atoms with E-state index in [4.69, 9.17) is 17.3 Å². The van der Waals surface area contributed by atoms with Crippen molar-refractivity contribution in [3.63, 3.8) is 0 Å². The fraction of sp³-hybridized carbons (Fsp3) is 0.130. The molecule has 0 aromatic heterocycles. The number of carbonyl (C=O) groups is 4. The standard InChI is InChI=1S/C23H18ClN3O4/c24-18-10-9-14(12-17(18)21(25)29)26-19(28)8-3-11-27-22(30)15-6-1-4-13-5-2-7-16(20(13)15)23(27)31/h1-2,4-7,9-10,12H,3,8,11H2,(H2,25,29)(H,26,28). The number of rotatable bonds is 6. The predicted octanol–water partition coefficient (Wildman–Crippen LogP) is 3.61. The fourth-order valence-corrected chi connectivity index (χ4v) is 3.91. The number of carbonyl (C=O) groups excluding carboxylic acids is 4.